The van der Waals surface area contributed by atoms with Gasteiger partial charge in [0.2, 0.25) is 5.91 Å². The van der Waals surface area contributed by atoms with E-state index in [0.29, 0.717) is 12.5 Å². The Labute approximate surface area is 89.9 Å². The first-order valence-corrected chi connectivity index (χ1v) is 5.34. The summed E-state index contributed by atoms with van der Waals surface area (Å²) in [5.74, 6) is 0.118. The first-order chi connectivity index (χ1) is 7.15. The Morgan fingerprint density at radius 2 is 2.13 bits per heavy atom. The number of hydrogen-bond donors (Lipinski definition) is 2. The summed E-state index contributed by atoms with van der Waals surface area (Å²) < 4.78 is 0. The summed E-state index contributed by atoms with van der Waals surface area (Å²) in [7, 11) is 0. The number of carbonyl (C=O) groups excluding carboxylic acids is 1. The summed E-state index contributed by atoms with van der Waals surface area (Å²) in [6, 6.07) is 6.53. The van der Waals surface area contributed by atoms with Crippen molar-refractivity contribution >= 4 is 17.3 Å². The number of aryl methyl sites for hydroxylation is 1. The molecule has 3 heteroatoms. The van der Waals surface area contributed by atoms with Crippen LogP contribution in [0.5, 0.6) is 0 Å². The largest absolute Gasteiger partial charge is 0.383 e. The van der Waals surface area contributed by atoms with Crippen molar-refractivity contribution in [3.63, 3.8) is 0 Å². The Morgan fingerprint density at radius 1 is 1.33 bits per heavy atom. The Morgan fingerprint density at radius 3 is 2.87 bits per heavy atom. The molecule has 80 valence electrons. The van der Waals surface area contributed by atoms with Crippen molar-refractivity contribution in [2.75, 3.05) is 10.6 Å². The summed E-state index contributed by atoms with van der Waals surface area (Å²) in [5.41, 5.74) is 3.31. The van der Waals surface area contributed by atoms with Gasteiger partial charge in [0.05, 0.1) is 0 Å². The van der Waals surface area contributed by atoms with Gasteiger partial charge in [-0.1, -0.05) is 0 Å². The summed E-state index contributed by atoms with van der Waals surface area (Å²) in [6.45, 7) is 4.22. The van der Waals surface area contributed by atoms with Crippen molar-refractivity contribution in [1.82, 2.24) is 0 Å². The van der Waals surface area contributed by atoms with Gasteiger partial charge < -0.3 is 10.6 Å². The summed E-state index contributed by atoms with van der Waals surface area (Å²) in [6.07, 6.45) is 1.44. The number of anilines is 2. The fourth-order valence-electron chi connectivity index (χ4n) is 1.81. The zero-order chi connectivity index (χ0) is 10.8. The van der Waals surface area contributed by atoms with E-state index in [9.17, 15) is 4.79 Å². The van der Waals surface area contributed by atoms with E-state index in [2.05, 4.69) is 30.5 Å². The number of hydrogen-bond acceptors (Lipinski definition) is 2. The molecule has 2 rings (SSSR count). The van der Waals surface area contributed by atoms with Gasteiger partial charge >= 0.3 is 0 Å². The third kappa shape index (κ3) is 2.29. The molecule has 1 amide bonds. The molecule has 0 saturated heterocycles. The topological polar surface area (TPSA) is 41.1 Å². The standard InChI is InChI=1S/C12H16N2O/c1-8(2)13-10-4-5-11-9(7-10)3-6-12(15)14-11/h4-5,7-8,13H,3,6H2,1-2H3,(H,14,15). The fourth-order valence-corrected chi connectivity index (χ4v) is 1.81. The van der Waals surface area contributed by atoms with Crippen LogP contribution in [0.15, 0.2) is 18.2 Å². The van der Waals surface area contributed by atoms with Crippen molar-refractivity contribution in [2.45, 2.75) is 32.7 Å². The lowest BCUT2D eigenvalue weighted by atomic mass is 10.0. The molecular weight excluding hydrogens is 188 g/mol. The maximum Gasteiger partial charge on any atom is 0.224 e. The van der Waals surface area contributed by atoms with E-state index in [1.54, 1.807) is 0 Å². The van der Waals surface area contributed by atoms with E-state index >= 15 is 0 Å². The van der Waals surface area contributed by atoms with Crippen LogP contribution >= 0.6 is 0 Å². The van der Waals surface area contributed by atoms with E-state index in [-0.39, 0.29) is 5.91 Å². The minimum Gasteiger partial charge on any atom is -0.383 e. The highest BCUT2D eigenvalue weighted by Gasteiger charge is 2.14. The average Bonchev–Trinajstić information content (AvgIpc) is 2.17. The van der Waals surface area contributed by atoms with E-state index < -0.39 is 0 Å². The molecular formula is C12H16N2O. The second-order valence-corrected chi connectivity index (χ2v) is 4.22. The number of fused-ring (bicyclic) bond motifs is 1. The molecule has 2 N–H and O–H groups in total. The molecule has 1 aliphatic heterocycles. The highest BCUT2D eigenvalue weighted by atomic mass is 16.1. The van der Waals surface area contributed by atoms with E-state index in [1.165, 1.54) is 5.56 Å². The number of carbonyl (C=O) groups is 1. The smallest absolute Gasteiger partial charge is 0.224 e. The quantitative estimate of drug-likeness (QED) is 0.776. The van der Waals surface area contributed by atoms with E-state index in [0.717, 1.165) is 17.8 Å². The van der Waals surface area contributed by atoms with Gasteiger partial charge in [-0.3, -0.25) is 4.79 Å². The molecule has 0 fully saturated rings. The predicted molar refractivity (Wildman–Crippen MR) is 62.2 cm³/mol. The van der Waals surface area contributed by atoms with Crippen LogP contribution in [0.3, 0.4) is 0 Å². The lowest BCUT2D eigenvalue weighted by molar-refractivity contribution is -0.116. The Hall–Kier alpha value is -1.51. The fraction of sp³-hybridized carbons (Fsp3) is 0.417. The molecule has 15 heavy (non-hydrogen) atoms. The van der Waals surface area contributed by atoms with Crippen molar-refractivity contribution in [1.29, 1.82) is 0 Å². The molecule has 0 aliphatic carbocycles. The molecule has 0 radical (unpaired) electrons. The van der Waals surface area contributed by atoms with Crippen molar-refractivity contribution < 1.29 is 4.79 Å². The lowest BCUT2D eigenvalue weighted by Gasteiger charge is -2.18. The molecule has 0 saturated carbocycles. The summed E-state index contributed by atoms with van der Waals surface area (Å²) in [4.78, 5) is 11.2. The molecule has 1 aromatic carbocycles. The van der Waals surface area contributed by atoms with Crippen LogP contribution in [0, 0.1) is 0 Å². The monoisotopic (exact) mass is 204 g/mol. The Balaban J connectivity index is 2.23. The van der Waals surface area contributed by atoms with Gasteiger partial charge in [0.1, 0.15) is 0 Å². The number of benzene rings is 1. The van der Waals surface area contributed by atoms with Gasteiger partial charge in [-0.2, -0.15) is 0 Å². The highest BCUT2D eigenvalue weighted by Crippen LogP contribution is 2.25. The Bertz CT molecular complexity index is 385. The second-order valence-electron chi connectivity index (χ2n) is 4.22. The van der Waals surface area contributed by atoms with Crippen LogP contribution in [-0.4, -0.2) is 11.9 Å². The Kier molecular flexibility index (Phi) is 2.62. The predicted octanol–water partition coefficient (Wildman–Crippen LogP) is 2.39. The van der Waals surface area contributed by atoms with Gasteiger partial charge in [0.15, 0.2) is 0 Å². The van der Waals surface area contributed by atoms with Crippen molar-refractivity contribution in [3.05, 3.63) is 23.8 Å². The maximum atomic E-state index is 11.2. The number of rotatable bonds is 2. The van der Waals surface area contributed by atoms with Gasteiger partial charge in [-0.15, -0.1) is 0 Å². The molecule has 1 aliphatic rings. The van der Waals surface area contributed by atoms with Crippen molar-refractivity contribution in [3.8, 4) is 0 Å². The van der Waals surface area contributed by atoms with E-state index in [4.69, 9.17) is 0 Å². The normalized spacial score (nSPS) is 14.7. The van der Waals surface area contributed by atoms with Gasteiger partial charge in [-0.05, 0) is 44.0 Å². The average molecular weight is 204 g/mol. The minimum absolute atomic E-state index is 0.118. The molecule has 0 aromatic heterocycles. The number of nitrogens with one attached hydrogen (secondary N) is 2. The van der Waals surface area contributed by atoms with Gasteiger partial charge in [-0.25, -0.2) is 0 Å². The third-order valence-electron chi connectivity index (χ3n) is 2.46. The van der Waals surface area contributed by atoms with E-state index in [1.807, 2.05) is 12.1 Å². The third-order valence-corrected chi connectivity index (χ3v) is 2.46. The minimum atomic E-state index is 0.118. The van der Waals surface area contributed by atoms with Crippen LogP contribution in [0.25, 0.3) is 0 Å². The highest BCUT2D eigenvalue weighted by molar-refractivity contribution is 5.94. The molecule has 0 bridgehead atoms. The van der Waals surface area contributed by atoms with Gasteiger partial charge in [0.25, 0.3) is 0 Å². The van der Waals surface area contributed by atoms with Crippen LogP contribution < -0.4 is 10.6 Å². The van der Waals surface area contributed by atoms with Gasteiger partial charge in [0, 0.05) is 23.8 Å². The zero-order valence-electron chi connectivity index (χ0n) is 9.13. The molecule has 1 heterocycles. The van der Waals surface area contributed by atoms with Crippen LogP contribution in [0.2, 0.25) is 0 Å². The SMILES string of the molecule is CC(C)Nc1ccc2c(c1)CCC(=O)N2. The number of amides is 1. The van der Waals surface area contributed by atoms with Crippen LogP contribution in [0.1, 0.15) is 25.8 Å². The van der Waals surface area contributed by atoms with Crippen LogP contribution in [-0.2, 0) is 11.2 Å². The lowest BCUT2D eigenvalue weighted by Crippen LogP contribution is -2.19. The van der Waals surface area contributed by atoms with Crippen molar-refractivity contribution in [2.24, 2.45) is 0 Å². The molecule has 0 unspecified atom stereocenters. The summed E-state index contributed by atoms with van der Waals surface area (Å²) >= 11 is 0. The second kappa shape index (κ2) is 3.93. The molecule has 3 nitrogen and oxygen atoms in total. The van der Waals surface area contributed by atoms with Crippen LogP contribution in [0.4, 0.5) is 11.4 Å². The molecule has 0 atom stereocenters. The molecule has 0 spiro atoms. The first kappa shape index (κ1) is 10.0. The summed E-state index contributed by atoms with van der Waals surface area (Å²) in [5, 5.41) is 6.23. The molecule has 1 aromatic rings. The maximum absolute atomic E-state index is 11.2. The first-order valence-electron chi connectivity index (χ1n) is 5.34. The zero-order valence-corrected chi connectivity index (χ0v) is 9.13.